The molecule has 0 aliphatic heterocycles. The third-order valence-electron chi connectivity index (χ3n) is 1.75. The van der Waals surface area contributed by atoms with Crippen LogP contribution < -0.4 is 56.5 Å². The van der Waals surface area contributed by atoms with Crippen LogP contribution in [0.4, 0.5) is 0 Å². The van der Waals surface area contributed by atoms with Crippen LogP contribution in [0.15, 0.2) is 0 Å². The summed E-state index contributed by atoms with van der Waals surface area (Å²) < 4.78 is 0. The molecule has 5 heteroatoms. The van der Waals surface area contributed by atoms with Gasteiger partial charge in [-0.15, -0.1) is 0 Å². The second kappa shape index (κ2) is 16.0. The summed E-state index contributed by atoms with van der Waals surface area (Å²) in [5.74, 6) is -0.754. The Balaban J connectivity index is -0.000000267. The average Bonchev–Trinajstić information content (AvgIpc) is 2.06. The molecule has 0 bridgehead atoms. The molecule has 0 amide bonds. The first-order valence-corrected chi connectivity index (χ1v) is 4.42. The van der Waals surface area contributed by atoms with Gasteiger partial charge >= 0.3 is 57.4 Å². The van der Waals surface area contributed by atoms with Crippen LogP contribution in [0.25, 0.3) is 0 Å². The van der Waals surface area contributed by atoms with Crippen molar-refractivity contribution < 1.29 is 71.2 Å². The van der Waals surface area contributed by atoms with Crippen LogP contribution in [0.5, 0.6) is 0 Å². The van der Waals surface area contributed by atoms with Crippen molar-refractivity contribution in [3.63, 3.8) is 0 Å². The van der Waals surface area contributed by atoms with E-state index in [9.17, 15) is 4.79 Å². The molecule has 0 aromatic carbocycles. The largest absolute Gasteiger partial charge is 1.00 e. The molecule has 0 aliphatic rings. The summed E-state index contributed by atoms with van der Waals surface area (Å²) in [6, 6.07) is 0. The van der Waals surface area contributed by atoms with Gasteiger partial charge in [-0.1, -0.05) is 26.7 Å². The van der Waals surface area contributed by atoms with E-state index in [0.29, 0.717) is 0 Å². The van der Waals surface area contributed by atoms with Crippen LogP contribution in [0, 0.1) is 5.92 Å². The molecule has 0 radical (unpaired) electrons. The van der Waals surface area contributed by atoms with Gasteiger partial charge in [0, 0.05) is 6.47 Å². The van der Waals surface area contributed by atoms with Crippen molar-refractivity contribution in [2.45, 2.75) is 39.5 Å². The molecular formula is C9H17KO4. The van der Waals surface area contributed by atoms with Crippen molar-refractivity contribution in [1.29, 1.82) is 0 Å². The predicted molar refractivity (Wildman–Crippen MR) is 47.0 cm³/mol. The maximum atomic E-state index is 10.4. The minimum atomic E-state index is -0.643. The molecule has 0 aromatic heterocycles. The topological polar surface area (TPSA) is 77.4 Å². The zero-order valence-electron chi connectivity index (χ0n) is 9.16. The van der Waals surface area contributed by atoms with E-state index in [-0.39, 0.29) is 57.3 Å². The summed E-state index contributed by atoms with van der Waals surface area (Å²) >= 11 is 0. The van der Waals surface area contributed by atoms with Gasteiger partial charge in [-0.05, 0) is 12.8 Å². The molecule has 0 heterocycles. The fourth-order valence-corrected chi connectivity index (χ4v) is 0.953. The number of unbranched alkanes of at least 4 members (excludes halogenated alkanes) is 1. The van der Waals surface area contributed by atoms with Gasteiger partial charge in [-0.2, -0.15) is 0 Å². The molecule has 1 unspecified atom stereocenters. The predicted octanol–water partition coefficient (Wildman–Crippen LogP) is -2.34. The van der Waals surface area contributed by atoms with E-state index in [4.69, 9.17) is 15.0 Å². The maximum absolute atomic E-state index is 10.4. The normalized spacial score (nSPS) is 10.1. The molecule has 0 saturated carbocycles. The Kier molecular flexibility index (Phi) is 22.9. The van der Waals surface area contributed by atoms with Crippen molar-refractivity contribution in [1.82, 2.24) is 0 Å². The molecule has 1 N–H and O–H groups in total. The summed E-state index contributed by atoms with van der Waals surface area (Å²) in [6.07, 6.45) is 3.71. The first kappa shape index (κ1) is 20.0. The number of aliphatic carboxylic acids is 1. The van der Waals surface area contributed by atoms with Gasteiger partial charge in [-0.3, -0.25) is 4.79 Å². The van der Waals surface area contributed by atoms with Crippen molar-refractivity contribution in [2.75, 3.05) is 0 Å². The van der Waals surface area contributed by atoms with E-state index in [1.807, 2.05) is 6.92 Å². The third-order valence-corrected chi connectivity index (χ3v) is 1.75. The van der Waals surface area contributed by atoms with Gasteiger partial charge in [0.1, 0.15) is 0 Å². The minimum Gasteiger partial charge on any atom is -0.554 e. The summed E-state index contributed by atoms with van der Waals surface area (Å²) in [4.78, 5) is 18.7. The van der Waals surface area contributed by atoms with Crippen molar-refractivity contribution in [3.8, 4) is 0 Å². The molecule has 14 heavy (non-hydrogen) atoms. The summed E-state index contributed by atoms with van der Waals surface area (Å²) in [7, 11) is 0. The molecule has 1 atom stereocenters. The van der Waals surface area contributed by atoms with Crippen LogP contribution >= 0.6 is 0 Å². The van der Waals surface area contributed by atoms with Gasteiger partial charge in [0.05, 0.1) is 5.92 Å². The van der Waals surface area contributed by atoms with Gasteiger partial charge in [0.2, 0.25) is 0 Å². The third kappa shape index (κ3) is 15.1. The second-order valence-corrected chi connectivity index (χ2v) is 2.68. The number of carbonyl (C=O) groups excluding carboxylic acids is 1. The number of hydrogen-bond acceptors (Lipinski definition) is 3. The fourth-order valence-electron chi connectivity index (χ4n) is 0.953. The standard InChI is InChI=1S/C8H16O2.CH2O2.K/c1-3-5-6-7(4-2)8(9)10;2-1-3;/h7H,3-6H2,1-2H3,(H,9,10);1H,(H,2,3);/q;;+1/p-1. The fraction of sp³-hybridized carbons (Fsp3) is 0.778. The molecule has 0 fully saturated rings. The Bertz CT molecular complexity index is 139. The van der Waals surface area contributed by atoms with Crippen LogP contribution in [-0.2, 0) is 9.59 Å². The molecule has 0 saturated heterocycles. The smallest absolute Gasteiger partial charge is 0.554 e. The van der Waals surface area contributed by atoms with Crippen molar-refractivity contribution >= 4 is 12.4 Å². The number of hydrogen-bond donors (Lipinski definition) is 1. The van der Waals surface area contributed by atoms with Gasteiger partial charge in [0.25, 0.3) is 0 Å². The number of carboxylic acids is 1. The van der Waals surface area contributed by atoms with Gasteiger partial charge in [-0.25, -0.2) is 0 Å². The second-order valence-electron chi connectivity index (χ2n) is 2.68. The Morgan fingerprint density at radius 3 is 2.14 bits per heavy atom. The van der Waals surface area contributed by atoms with Gasteiger partial charge in [0.15, 0.2) is 0 Å². The van der Waals surface area contributed by atoms with Gasteiger partial charge < -0.3 is 15.0 Å². The Hall–Kier alpha value is 0.576. The monoisotopic (exact) mass is 228 g/mol. The van der Waals surface area contributed by atoms with E-state index < -0.39 is 12.4 Å². The summed E-state index contributed by atoms with van der Waals surface area (Å²) in [5, 5.41) is 16.8. The Labute approximate surface area is 127 Å². The van der Waals surface area contributed by atoms with Crippen LogP contribution in [0.1, 0.15) is 39.5 Å². The summed E-state index contributed by atoms with van der Waals surface area (Å²) in [6.45, 7) is 3.50. The van der Waals surface area contributed by atoms with Crippen molar-refractivity contribution in [2.24, 2.45) is 5.92 Å². The van der Waals surface area contributed by atoms with E-state index in [0.717, 1.165) is 25.7 Å². The average molecular weight is 228 g/mol. The quantitative estimate of drug-likeness (QED) is 0.422. The van der Waals surface area contributed by atoms with Crippen LogP contribution in [0.2, 0.25) is 0 Å². The zero-order valence-corrected chi connectivity index (χ0v) is 12.3. The van der Waals surface area contributed by atoms with E-state index in [1.54, 1.807) is 0 Å². The molecule has 0 rings (SSSR count). The van der Waals surface area contributed by atoms with Crippen LogP contribution in [0.3, 0.4) is 0 Å². The molecule has 78 valence electrons. The molecule has 0 spiro atoms. The minimum absolute atomic E-state index is 0. The number of rotatable bonds is 5. The van der Waals surface area contributed by atoms with E-state index in [2.05, 4.69) is 6.92 Å². The molecule has 4 nitrogen and oxygen atoms in total. The maximum Gasteiger partial charge on any atom is 1.00 e. The first-order chi connectivity index (χ1) is 6.13. The molecule has 0 aromatic rings. The molecular weight excluding hydrogens is 211 g/mol. The SMILES string of the molecule is CCCCC(CC)C(=O)O.O=C[O-].[K+]. The molecule has 0 aliphatic carbocycles. The zero-order chi connectivity index (χ0) is 10.7. The number of carbonyl (C=O) groups is 2. The summed E-state index contributed by atoms with van der Waals surface area (Å²) in [5.41, 5.74) is 0. The van der Waals surface area contributed by atoms with Crippen LogP contribution in [-0.4, -0.2) is 17.5 Å². The Morgan fingerprint density at radius 2 is 1.93 bits per heavy atom. The van der Waals surface area contributed by atoms with E-state index in [1.165, 1.54) is 0 Å². The first-order valence-electron chi connectivity index (χ1n) is 4.42. The number of carboxylic acid groups (broad SMARTS) is 2. The Morgan fingerprint density at radius 1 is 1.50 bits per heavy atom. The van der Waals surface area contributed by atoms with E-state index >= 15 is 0 Å². The van der Waals surface area contributed by atoms with Crippen molar-refractivity contribution in [3.05, 3.63) is 0 Å².